The summed E-state index contributed by atoms with van der Waals surface area (Å²) in [4.78, 5) is 26.7. The molecule has 0 bridgehead atoms. The van der Waals surface area contributed by atoms with Crippen LogP contribution in [0.15, 0.2) is 65.3 Å². The smallest absolute Gasteiger partial charge is 0.255 e. The SMILES string of the molecule is COc1ccc(NC(=O)c2ccc([C@H]3SCC(=O)N3Cc3ccco3)cc2)cc1Cl. The molecule has 0 unspecified atom stereocenters. The fourth-order valence-corrected chi connectivity index (χ4v) is 4.66. The molecule has 1 saturated heterocycles. The van der Waals surface area contributed by atoms with Crippen molar-refractivity contribution in [2.75, 3.05) is 18.2 Å². The van der Waals surface area contributed by atoms with E-state index in [0.717, 1.165) is 11.3 Å². The Kier molecular flexibility index (Phi) is 6.01. The van der Waals surface area contributed by atoms with Crippen molar-refractivity contribution in [3.63, 3.8) is 0 Å². The van der Waals surface area contributed by atoms with E-state index >= 15 is 0 Å². The monoisotopic (exact) mass is 442 g/mol. The molecule has 2 amide bonds. The average molecular weight is 443 g/mol. The maximum atomic E-state index is 12.6. The Balaban J connectivity index is 1.46. The van der Waals surface area contributed by atoms with Gasteiger partial charge in [0.15, 0.2) is 0 Å². The third kappa shape index (κ3) is 4.32. The van der Waals surface area contributed by atoms with E-state index in [1.54, 1.807) is 59.3 Å². The summed E-state index contributed by atoms with van der Waals surface area (Å²) in [6, 6.07) is 16.0. The third-order valence-electron chi connectivity index (χ3n) is 4.74. The highest BCUT2D eigenvalue weighted by molar-refractivity contribution is 8.00. The Morgan fingerprint density at radius 1 is 1.27 bits per heavy atom. The van der Waals surface area contributed by atoms with Crippen LogP contribution in [0.1, 0.15) is 27.1 Å². The van der Waals surface area contributed by atoms with E-state index in [9.17, 15) is 9.59 Å². The summed E-state index contributed by atoms with van der Waals surface area (Å²) in [7, 11) is 1.53. The van der Waals surface area contributed by atoms with Gasteiger partial charge in [-0.05, 0) is 48.0 Å². The number of hydrogen-bond donors (Lipinski definition) is 1. The molecule has 1 aromatic heterocycles. The summed E-state index contributed by atoms with van der Waals surface area (Å²) in [5.41, 5.74) is 2.05. The summed E-state index contributed by atoms with van der Waals surface area (Å²) in [5, 5.41) is 3.13. The minimum Gasteiger partial charge on any atom is -0.495 e. The van der Waals surface area contributed by atoms with Gasteiger partial charge in [-0.25, -0.2) is 0 Å². The summed E-state index contributed by atoms with van der Waals surface area (Å²) in [5.74, 6) is 1.53. The molecule has 0 radical (unpaired) electrons. The van der Waals surface area contributed by atoms with Crippen molar-refractivity contribution in [2.24, 2.45) is 0 Å². The van der Waals surface area contributed by atoms with E-state index in [4.69, 9.17) is 20.8 Å². The Bertz CT molecular complexity index is 1050. The van der Waals surface area contributed by atoms with Crippen LogP contribution in [0.25, 0.3) is 0 Å². The normalized spacial score (nSPS) is 16.0. The van der Waals surface area contributed by atoms with Crippen molar-refractivity contribution in [2.45, 2.75) is 11.9 Å². The lowest BCUT2D eigenvalue weighted by Crippen LogP contribution is -2.27. The van der Waals surface area contributed by atoms with Crippen LogP contribution >= 0.6 is 23.4 Å². The van der Waals surface area contributed by atoms with Crippen molar-refractivity contribution in [3.8, 4) is 5.75 Å². The van der Waals surface area contributed by atoms with Crippen LogP contribution < -0.4 is 10.1 Å². The summed E-state index contributed by atoms with van der Waals surface area (Å²) in [6.07, 6.45) is 1.60. The molecule has 4 rings (SSSR count). The van der Waals surface area contributed by atoms with Gasteiger partial charge in [-0.1, -0.05) is 23.7 Å². The number of hydrogen-bond acceptors (Lipinski definition) is 5. The van der Waals surface area contributed by atoms with Crippen molar-refractivity contribution in [1.82, 2.24) is 4.90 Å². The predicted octanol–water partition coefficient (Wildman–Crippen LogP) is 4.97. The van der Waals surface area contributed by atoms with Crippen LogP contribution in [0.4, 0.5) is 5.69 Å². The zero-order valence-corrected chi connectivity index (χ0v) is 17.7. The van der Waals surface area contributed by atoms with E-state index in [1.807, 2.05) is 18.2 Å². The Hall–Kier alpha value is -2.90. The van der Waals surface area contributed by atoms with Gasteiger partial charge in [0.25, 0.3) is 5.91 Å². The second-order valence-corrected chi connectivity index (χ2v) is 8.17. The molecular weight excluding hydrogens is 424 g/mol. The van der Waals surface area contributed by atoms with E-state index in [1.165, 1.54) is 7.11 Å². The molecule has 1 aliphatic rings. The van der Waals surface area contributed by atoms with Gasteiger partial charge in [0, 0.05) is 11.3 Å². The highest BCUT2D eigenvalue weighted by Crippen LogP contribution is 2.39. The van der Waals surface area contributed by atoms with Gasteiger partial charge in [-0.15, -0.1) is 11.8 Å². The van der Waals surface area contributed by atoms with Crippen LogP contribution in [0.3, 0.4) is 0 Å². The van der Waals surface area contributed by atoms with Crippen LogP contribution in [0.2, 0.25) is 5.02 Å². The molecule has 1 aliphatic heterocycles. The molecule has 1 N–H and O–H groups in total. The van der Waals surface area contributed by atoms with Crippen molar-refractivity contribution < 1.29 is 18.7 Å². The number of rotatable bonds is 6. The van der Waals surface area contributed by atoms with Crippen molar-refractivity contribution in [3.05, 3.63) is 82.8 Å². The number of ether oxygens (including phenoxy) is 1. The minimum atomic E-state index is -0.245. The number of amides is 2. The second-order valence-electron chi connectivity index (χ2n) is 6.69. The summed E-state index contributed by atoms with van der Waals surface area (Å²) in [6.45, 7) is 0.421. The number of thioether (sulfide) groups is 1. The lowest BCUT2D eigenvalue weighted by molar-refractivity contribution is -0.128. The predicted molar refractivity (Wildman–Crippen MR) is 117 cm³/mol. The number of nitrogens with one attached hydrogen (secondary N) is 1. The molecule has 2 aromatic carbocycles. The molecule has 0 saturated carbocycles. The minimum absolute atomic E-state index is 0.0691. The molecule has 8 heteroatoms. The highest BCUT2D eigenvalue weighted by atomic mass is 35.5. The Morgan fingerprint density at radius 2 is 2.07 bits per heavy atom. The number of furan rings is 1. The largest absolute Gasteiger partial charge is 0.495 e. The molecule has 30 heavy (non-hydrogen) atoms. The Labute approximate surface area is 183 Å². The van der Waals surface area contributed by atoms with E-state index in [-0.39, 0.29) is 17.2 Å². The molecule has 6 nitrogen and oxygen atoms in total. The lowest BCUT2D eigenvalue weighted by Gasteiger charge is -2.23. The number of anilines is 1. The second kappa shape index (κ2) is 8.85. The molecule has 1 fully saturated rings. The molecule has 154 valence electrons. The van der Waals surface area contributed by atoms with Gasteiger partial charge < -0.3 is 19.4 Å². The number of halogens is 1. The molecule has 2 heterocycles. The quantitative estimate of drug-likeness (QED) is 0.583. The number of carbonyl (C=O) groups excluding carboxylic acids is 2. The van der Waals surface area contributed by atoms with Crippen LogP contribution in [-0.2, 0) is 11.3 Å². The maximum absolute atomic E-state index is 12.6. The standard InChI is InChI=1S/C22H19ClN2O4S/c1-28-19-9-8-16(11-18(19)23)24-21(27)14-4-6-15(7-5-14)22-25(20(26)13-30-22)12-17-3-2-10-29-17/h2-11,22H,12-13H2,1H3,(H,24,27)/t22-/m1/s1. The van der Waals surface area contributed by atoms with Gasteiger partial charge in [-0.2, -0.15) is 0 Å². The first-order valence-corrected chi connectivity index (χ1v) is 10.7. The lowest BCUT2D eigenvalue weighted by atomic mass is 10.1. The van der Waals surface area contributed by atoms with Crippen molar-refractivity contribution in [1.29, 1.82) is 0 Å². The highest BCUT2D eigenvalue weighted by Gasteiger charge is 2.33. The number of methoxy groups -OCH3 is 1. The fourth-order valence-electron chi connectivity index (χ4n) is 3.22. The topological polar surface area (TPSA) is 71.8 Å². The van der Waals surface area contributed by atoms with Crippen LogP contribution in [-0.4, -0.2) is 29.6 Å². The number of nitrogens with zero attached hydrogens (tertiary/aromatic N) is 1. The summed E-state index contributed by atoms with van der Waals surface area (Å²) >= 11 is 7.67. The molecule has 3 aromatic rings. The van der Waals surface area contributed by atoms with Crippen LogP contribution in [0.5, 0.6) is 5.75 Å². The number of benzene rings is 2. The first-order chi connectivity index (χ1) is 14.5. The third-order valence-corrected chi connectivity index (χ3v) is 6.29. The molecule has 1 atom stereocenters. The molecule has 0 aliphatic carbocycles. The number of carbonyl (C=O) groups is 2. The van der Waals surface area contributed by atoms with Gasteiger partial charge in [0.1, 0.15) is 16.9 Å². The zero-order chi connectivity index (χ0) is 21.1. The zero-order valence-electron chi connectivity index (χ0n) is 16.1. The van der Waals surface area contributed by atoms with E-state index in [2.05, 4.69) is 5.32 Å². The molecule has 0 spiro atoms. The van der Waals surface area contributed by atoms with Gasteiger partial charge >= 0.3 is 0 Å². The van der Waals surface area contributed by atoms with Gasteiger partial charge in [0.2, 0.25) is 5.91 Å². The van der Waals surface area contributed by atoms with Gasteiger partial charge in [0.05, 0.1) is 30.7 Å². The average Bonchev–Trinajstić information content (AvgIpc) is 3.39. The first kappa shape index (κ1) is 20.4. The summed E-state index contributed by atoms with van der Waals surface area (Å²) < 4.78 is 10.5. The van der Waals surface area contributed by atoms with Gasteiger partial charge in [-0.3, -0.25) is 9.59 Å². The van der Waals surface area contributed by atoms with E-state index in [0.29, 0.717) is 34.3 Å². The van der Waals surface area contributed by atoms with Crippen molar-refractivity contribution >= 4 is 40.9 Å². The molecular formula is C22H19ClN2O4S. The first-order valence-electron chi connectivity index (χ1n) is 9.23. The van der Waals surface area contributed by atoms with E-state index < -0.39 is 0 Å². The maximum Gasteiger partial charge on any atom is 0.255 e. The van der Waals surface area contributed by atoms with Crippen LogP contribution in [0, 0.1) is 0 Å². The fraction of sp³-hybridized carbons (Fsp3) is 0.182. The Morgan fingerprint density at radius 3 is 2.73 bits per heavy atom.